The van der Waals surface area contributed by atoms with Crippen LogP contribution in [0.4, 0.5) is 0 Å². The Bertz CT molecular complexity index is 1230. The molecule has 3 aromatic rings. The first kappa shape index (κ1) is 30.8. The van der Waals surface area contributed by atoms with E-state index < -0.39 is 0 Å². The van der Waals surface area contributed by atoms with E-state index in [0.717, 1.165) is 46.8 Å². The number of esters is 1. The van der Waals surface area contributed by atoms with Crippen LogP contribution in [0.1, 0.15) is 86.0 Å². The van der Waals surface area contributed by atoms with Gasteiger partial charge in [0, 0.05) is 37.5 Å². The summed E-state index contributed by atoms with van der Waals surface area (Å²) in [5.41, 5.74) is 4.00. The van der Waals surface area contributed by atoms with Crippen LogP contribution in [0, 0.1) is 0 Å². The van der Waals surface area contributed by atoms with E-state index in [1.54, 1.807) is 30.6 Å². The van der Waals surface area contributed by atoms with Crippen LogP contribution in [-0.2, 0) is 14.2 Å². The lowest BCUT2D eigenvalue weighted by molar-refractivity contribution is 0.00195. The number of benzene rings is 2. The van der Waals surface area contributed by atoms with Crippen LogP contribution in [0.5, 0.6) is 0 Å². The summed E-state index contributed by atoms with van der Waals surface area (Å²) in [6.07, 6.45) is 12.7. The minimum absolute atomic E-state index is 0.339. The number of hydrogen-bond acceptors (Lipinski definition) is 8. The zero-order chi connectivity index (χ0) is 29.1. The standard InChI is InChI=1S/C34H45N3O4S/c1-39-23-5-3-4-6-24-41-31-17-15-30(16-18-31)37-21-19-26(20-22-37)25-7-9-27(10-8-25)32-35-36-33(42-32)28-11-13-29(14-12-28)34(38)40-2/h7-14,26,30-31H,3-6,15-24H2,1-2H3. The summed E-state index contributed by atoms with van der Waals surface area (Å²) in [6, 6.07) is 17.0. The summed E-state index contributed by atoms with van der Waals surface area (Å²) in [5.74, 6) is 0.284. The monoisotopic (exact) mass is 591 g/mol. The Kier molecular flexibility index (Phi) is 11.5. The van der Waals surface area contributed by atoms with Gasteiger partial charge in [0.25, 0.3) is 0 Å². The van der Waals surface area contributed by atoms with Crippen LogP contribution >= 0.6 is 11.3 Å². The fourth-order valence-electron chi connectivity index (χ4n) is 6.35. The Morgan fingerprint density at radius 3 is 1.98 bits per heavy atom. The zero-order valence-corrected chi connectivity index (χ0v) is 25.9. The van der Waals surface area contributed by atoms with Gasteiger partial charge < -0.3 is 19.1 Å². The predicted molar refractivity (Wildman–Crippen MR) is 168 cm³/mol. The summed E-state index contributed by atoms with van der Waals surface area (Å²) < 4.78 is 16.1. The van der Waals surface area contributed by atoms with Crippen molar-refractivity contribution in [3.05, 3.63) is 59.7 Å². The Hall–Kier alpha value is -2.65. The molecule has 2 aliphatic rings. The number of rotatable bonds is 13. The van der Waals surface area contributed by atoms with Crippen molar-refractivity contribution in [2.24, 2.45) is 0 Å². The van der Waals surface area contributed by atoms with Gasteiger partial charge in [-0.25, -0.2) is 4.79 Å². The Labute approximate surface area is 254 Å². The fourth-order valence-corrected chi connectivity index (χ4v) is 7.20. The number of nitrogens with zero attached hydrogens (tertiary/aromatic N) is 3. The van der Waals surface area contributed by atoms with Gasteiger partial charge in [0.05, 0.1) is 18.8 Å². The number of methoxy groups -OCH3 is 2. The molecule has 0 N–H and O–H groups in total. The molecule has 1 saturated carbocycles. The van der Waals surface area contributed by atoms with Crippen molar-refractivity contribution in [2.75, 3.05) is 40.5 Å². The van der Waals surface area contributed by atoms with Crippen molar-refractivity contribution >= 4 is 17.3 Å². The third-order valence-corrected chi connectivity index (χ3v) is 9.91. The molecule has 226 valence electrons. The molecule has 0 amide bonds. The lowest BCUT2D eigenvalue weighted by atomic mass is 9.86. The van der Waals surface area contributed by atoms with E-state index in [9.17, 15) is 4.79 Å². The first-order valence-corrected chi connectivity index (χ1v) is 16.4. The topological polar surface area (TPSA) is 73.8 Å². The molecule has 0 spiro atoms. The molecule has 2 fully saturated rings. The molecule has 0 unspecified atom stereocenters. The summed E-state index contributed by atoms with van der Waals surface area (Å²) in [4.78, 5) is 14.4. The smallest absolute Gasteiger partial charge is 0.337 e. The molecule has 0 atom stereocenters. The van der Waals surface area contributed by atoms with Gasteiger partial charge in [0.1, 0.15) is 10.0 Å². The van der Waals surface area contributed by atoms with Crippen LogP contribution < -0.4 is 0 Å². The predicted octanol–water partition coefficient (Wildman–Crippen LogP) is 7.37. The molecule has 2 heterocycles. The molecule has 42 heavy (non-hydrogen) atoms. The molecule has 2 aromatic carbocycles. The van der Waals surface area contributed by atoms with Gasteiger partial charge in [-0.1, -0.05) is 60.6 Å². The highest BCUT2D eigenvalue weighted by Crippen LogP contribution is 2.35. The van der Waals surface area contributed by atoms with Crippen molar-refractivity contribution < 1.29 is 19.0 Å². The summed E-state index contributed by atoms with van der Waals surface area (Å²) in [5, 5.41) is 10.6. The van der Waals surface area contributed by atoms with Gasteiger partial charge in [-0.05, 0) is 88.1 Å². The lowest BCUT2D eigenvalue weighted by Gasteiger charge is -2.41. The Morgan fingerprint density at radius 2 is 1.38 bits per heavy atom. The molecule has 1 aromatic heterocycles. The summed E-state index contributed by atoms with van der Waals surface area (Å²) >= 11 is 1.57. The molecule has 0 radical (unpaired) electrons. The van der Waals surface area contributed by atoms with Gasteiger partial charge in [-0.2, -0.15) is 0 Å². The fraction of sp³-hybridized carbons (Fsp3) is 0.559. The van der Waals surface area contributed by atoms with Gasteiger partial charge in [-0.3, -0.25) is 0 Å². The molecule has 5 rings (SSSR count). The number of ether oxygens (including phenoxy) is 3. The van der Waals surface area contributed by atoms with Crippen molar-refractivity contribution in [1.29, 1.82) is 0 Å². The Balaban J connectivity index is 1.04. The number of likely N-dealkylation sites (tertiary alicyclic amines) is 1. The maximum absolute atomic E-state index is 11.7. The van der Waals surface area contributed by atoms with E-state index >= 15 is 0 Å². The van der Waals surface area contributed by atoms with Gasteiger partial charge >= 0.3 is 5.97 Å². The highest BCUT2D eigenvalue weighted by atomic mass is 32.1. The van der Waals surface area contributed by atoms with E-state index in [1.807, 2.05) is 12.1 Å². The number of carbonyl (C=O) groups is 1. The third kappa shape index (κ3) is 8.25. The largest absolute Gasteiger partial charge is 0.465 e. The first-order valence-electron chi connectivity index (χ1n) is 15.6. The van der Waals surface area contributed by atoms with Crippen molar-refractivity contribution in [1.82, 2.24) is 15.1 Å². The third-order valence-electron chi connectivity index (χ3n) is 8.89. The molecular formula is C34H45N3O4S. The van der Waals surface area contributed by atoms with Crippen LogP contribution in [0.15, 0.2) is 48.5 Å². The van der Waals surface area contributed by atoms with Gasteiger partial charge in [0.2, 0.25) is 0 Å². The molecular weight excluding hydrogens is 546 g/mol. The zero-order valence-electron chi connectivity index (χ0n) is 25.1. The average Bonchev–Trinajstić information content (AvgIpc) is 3.55. The summed E-state index contributed by atoms with van der Waals surface area (Å²) in [7, 11) is 3.16. The van der Waals surface area contributed by atoms with E-state index in [0.29, 0.717) is 17.6 Å². The summed E-state index contributed by atoms with van der Waals surface area (Å²) in [6.45, 7) is 4.18. The second kappa shape index (κ2) is 15.7. The van der Waals surface area contributed by atoms with Crippen LogP contribution in [-0.4, -0.2) is 73.7 Å². The number of aromatic nitrogens is 2. The normalized spacial score (nSPS) is 20.0. The number of piperidine rings is 1. The van der Waals surface area contributed by atoms with E-state index in [4.69, 9.17) is 14.2 Å². The average molecular weight is 592 g/mol. The van der Waals surface area contributed by atoms with E-state index in [1.165, 1.54) is 83.6 Å². The molecule has 7 nitrogen and oxygen atoms in total. The van der Waals surface area contributed by atoms with Crippen molar-refractivity contribution in [2.45, 2.75) is 82.3 Å². The second-order valence-corrected chi connectivity index (χ2v) is 12.6. The molecule has 1 aliphatic heterocycles. The van der Waals surface area contributed by atoms with E-state index in [2.05, 4.69) is 39.4 Å². The maximum Gasteiger partial charge on any atom is 0.337 e. The maximum atomic E-state index is 11.7. The number of hydrogen-bond donors (Lipinski definition) is 0. The van der Waals surface area contributed by atoms with Gasteiger partial charge in [0.15, 0.2) is 0 Å². The van der Waals surface area contributed by atoms with Crippen LogP contribution in [0.3, 0.4) is 0 Å². The van der Waals surface area contributed by atoms with E-state index in [-0.39, 0.29) is 5.97 Å². The molecule has 1 aliphatic carbocycles. The van der Waals surface area contributed by atoms with Crippen LogP contribution in [0.25, 0.3) is 21.1 Å². The van der Waals surface area contributed by atoms with Crippen molar-refractivity contribution in [3.8, 4) is 21.1 Å². The highest BCUT2D eigenvalue weighted by Gasteiger charge is 2.29. The van der Waals surface area contributed by atoms with Gasteiger partial charge in [-0.15, -0.1) is 10.2 Å². The van der Waals surface area contributed by atoms with Crippen LogP contribution in [0.2, 0.25) is 0 Å². The lowest BCUT2D eigenvalue weighted by Crippen LogP contribution is -2.43. The first-order chi connectivity index (χ1) is 20.6. The minimum Gasteiger partial charge on any atom is -0.465 e. The molecule has 0 bridgehead atoms. The molecule has 1 saturated heterocycles. The minimum atomic E-state index is -0.339. The number of carbonyl (C=O) groups excluding carboxylic acids is 1. The number of unbranched alkanes of at least 4 members (excludes halogenated alkanes) is 3. The quantitative estimate of drug-likeness (QED) is 0.152. The Morgan fingerprint density at radius 1 is 0.786 bits per heavy atom. The SMILES string of the molecule is COCCCCCCOC1CCC(N2CCC(c3ccc(-c4nnc(-c5ccc(C(=O)OC)cc5)s4)cc3)CC2)CC1. The molecule has 8 heteroatoms. The van der Waals surface area contributed by atoms with Crippen molar-refractivity contribution in [3.63, 3.8) is 0 Å². The highest BCUT2D eigenvalue weighted by molar-refractivity contribution is 7.17. The second-order valence-electron chi connectivity index (χ2n) is 11.6.